The average molecular weight is 234 g/mol. The van der Waals surface area contributed by atoms with E-state index in [0.29, 0.717) is 6.61 Å². The minimum Gasteiger partial charge on any atom is -0.497 e. The molecule has 17 heavy (non-hydrogen) atoms. The average Bonchev–Trinajstić information content (AvgIpc) is 2.72. The Morgan fingerprint density at radius 3 is 2.71 bits per heavy atom. The van der Waals surface area contributed by atoms with Gasteiger partial charge >= 0.3 is 0 Å². The molecule has 4 heteroatoms. The number of aromatic nitrogens is 1. The van der Waals surface area contributed by atoms with Gasteiger partial charge in [-0.15, -0.1) is 0 Å². The molecule has 4 nitrogen and oxygen atoms in total. The molecular weight excluding hydrogens is 216 g/mol. The lowest BCUT2D eigenvalue weighted by atomic mass is 9.90. The molecule has 0 unspecified atom stereocenters. The SMILES string of the molecule is COc1ccc2cc(C(C)(C)CON)[nH]c2c1. The van der Waals surface area contributed by atoms with Gasteiger partial charge in [-0.1, -0.05) is 13.8 Å². The van der Waals surface area contributed by atoms with Crippen LogP contribution in [-0.2, 0) is 10.3 Å². The molecule has 0 bridgehead atoms. The standard InChI is InChI=1S/C13H18N2O2/c1-13(2,8-17-14)12-6-9-4-5-10(16-3)7-11(9)15-12/h4-7,15H,8,14H2,1-3H3. The molecule has 0 radical (unpaired) electrons. The summed E-state index contributed by atoms with van der Waals surface area (Å²) < 4.78 is 5.20. The Balaban J connectivity index is 2.44. The smallest absolute Gasteiger partial charge is 0.120 e. The molecule has 0 saturated carbocycles. The van der Waals surface area contributed by atoms with Gasteiger partial charge in [0, 0.05) is 22.7 Å². The molecule has 1 aromatic heterocycles. The van der Waals surface area contributed by atoms with E-state index >= 15 is 0 Å². The van der Waals surface area contributed by atoms with Gasteiger partial charge < -0.3 is 14.6 Å². The molecule has 0 aliphatic heterocycles. The zero-order valence-electron chi connectivity index (χ0n) is 10.4. The molecule has 1 heterocycles. The number of hydrogen-bond donors (Lipinski definition) is 2. The molecule has 92 valence electrons. The van der Waals surface area contributed by atoms with Gasteiger partial charge in [0.2, 0.25) is 0 Å². The number of H-pyrrole nitrogens is 1. The van der Waals surface area contributed by atoms with Crippen LogP contribution in [0, 0.1) is 0 Å². The summed E-state index contributed by atoms with van der Waals surface area (Å²) in [4.78, 5) is 8.14. The number of methoxy groups -OCH3 is 1. The zero-order chi connectivity index (χ0) is 12.5. The second kappa shape index (κ2) is 4.39. The largest absolute Gasteiger partial charge is 0.497 e. The van der Waals surface area contributed by atoms with Gasteiger partial charge in [-0.3, -0.25) is 0 Å². The summed E-state index contributed by atoms with van der Waals surface area (Å²) in [6.45, 7) is 4.64. The van der Waals surface area contributed by atoms with E-state index < -0.39 is 0 Å². The summed E-state index contributed by atoms with van der Waals surface area (Å²) in [5, 5.41) is 1.16. The molecule has 0 saturated heterocycles. The van der Waals surface area contributed by atoms with E-state index in [9.17, 15) is 0 Å². The van der Waals surface area contributed by atoms with Crippen LogP contribution in [0.15, 0.2) is 24.3 Å². The Hall–Kier alpha value is -1.52. The lowest BCUT2D eigenvalue weighted by Crippen LogP contribution is -2.26. The maximum atomic E-state index is 5.20. The molecule has 0 fully saturated rings. The number of fused-ring (bicyclic) bond motifs is 1. The van der Waals surface area contributed by atoms with Crippen molar-refractivity contribution in [3.63, 3.8) is 0 Å². The summed E-state index contributed by atoms with van der Waals surface area (Å²) in [6, 6.07) is 8.09. The van der Waals surface area contributed by atoms with Gasteiger partial charge in [0.1, 0.15) is 5.75 Å². The number of nitrogens with two attached hydrogens (primary N) is 1. The van der Waals surface area contributed by atoms with Crippen LogP contribution in [0.3, 0.4) is 0 Å². The molecule has 0 aliphatic rings. The highest BCUT2D eigenvalue weighted by Gasteiger charge is 2.23. The lowest BCUT2D eigenvalue weighted by molar-refractivity contribution is 0.0952. The Kier molecular flexibility index (Phi) is 3.09. The summed E-state index contributed by atoms with van der Waals surface area (Å²) in [5.74, 6) is 6.00. The van der Waals surface area contributed by atoms with Gasteiger partial charge in [-0.25, -0.2) is 5.90 Å². The number of ether oxygens (including phenoxy) is 1. The van der Waals surface area contributed by atoms with Crippen LogP contribution in [-0.4, -0.2) is 18.7 Å². The zero-order valence-corrected chi connectivity index (χ0v) is 10.4. The van der Waals surface area contributed by atoms with Gasteiger partial charge in [0.15, 0.2) is 0 Å². The minimum absolute atomic E-state index is 0.138. The van der Waals surface area contributed by atoms with E-state index in [-0.39, 0.29) is 5.41 Å². The predicted molar refractivity (Wildman–Crippen MR) is 68.0 cm³/mol. The van der Waals surface area contributed by atoms with Crippen LogP contribution >= 0.6 is 0 Å². The Bertz CT molecular complexity index is 517. The maximum absolute atomic E-state index is 5.20. The fourth-order valence-corrected chi connectivity index (χ4v) is 1.88. The highest BCUT2D eigenvalue weighted by Crippen LogP contribution is 2.28. The van der Waals surface area contributed by atoms with Crippen molar-refractivity contribution < 1.29 is 9.57 Å². The third kappa shape index (κ3) is 2.28. The van der Waals surface area contributed by atoms with E-state index in [1.807, 2.05) is 18.2 Å². The van der Waals surface area contributed by atoms with Gasteiger partial charge in [0.05, 0.1) is 13.7 Å². The van der Waals surface area contributed by atoms with Gasteiger partial charge in [-0.05, 0) is 23.6 Å². The van der Waals surface area contributed by atoms with Crippen LogP contribution in [0.4, 0.5) is 0 Å². The third-order valence-corrected chi connectivity index (χ3v) is 3.00. The Morgan fingerprint density at radius 1 is 1.29 bits per heavy atom. The van der Waals surface area contributed by atoms with Gasteiger partial charge in [-0.2, -0.15) is 0 Å². The van der Waals surface area contributed by atoms with Crippen molar-refractivity contribution >= 4 is 10.9 Å². The van der Waals surface area contributed by atoms with Crippen molar-refractivity contribution in [1.82, 2.24) is 4.98 Å². The van der Waals surface area contributed by atoms with Crippen LogP contribution in [0.2, 0.25) is 0 Å². The monoisotopic (exact) mass is 234 g/mol. The fraction of sp³-hybridized carbons (Fsp3) is 0.385. The quantitative estimate of drug-likeness (QED) is 0.798. The summed E-state index contributed by atoms with van der Waals surface area (Å²) in [7, 11) is 1.66. The lowest BCUT2D eigenvalue weighted by Gasteiger charge is -2.21. The van der Waals surface area contributed by atoms with Crippen LogP contribution < -0.4 is 10.6 Å². The van der Waals surface area contributed by atoms with Crippen LogP contribution in [0.1, 0.15) is 19.5 Å². The first-order valence-corrected chi connectivity index (χ1v) is 5.56. The fourth-order valence-electron chi connectivity index (χ4n) is 1.88. The summed E-state index contributed by atoms with van der Waals surface area (Å²) in [6.07, 6.45) is 0. The third-order valence-electron chi connectivity index (χ3n) is 3.00. The van der Waals surface area contributed by atoms with Crippen molar-refractivity contribution in [2.45, 2.75) is 19.3 Å². The van der Waals surface area contributed by atoms with E-state index in [4.69, 9.17) is 15.5 Å². The molecule has 0 atom stereocenters. The Labute approximate surface area is 101 Å². The molecule has 2 rings (SSSR count). The number of aromatic amines is 1. The highest BCUT2D eigenvalue weighted by molar-refractivity contribution is 5.82. The first kappa shape index (κ1) is 12.0. The first-order valence-electron chi connectivity index (χ1n) is 5.56. The number of rotatable bonds is 4. The van der Waals surface area contributed by atoms with E-state index in [1.165, 1.54) is 0 Å². The molecule has 1 aromatic carbocycles. The van der Waals surface area contributed by atoms with E-state index in [1.54, 1.807) is 7.11 Å². The second-order valence-electron chi connectivity index (χ2n) is 4.83. The molecule has 0 spiro atoms. The maximum Gasteiger partial charge on any atom is 0.120 e. The molecule has 2 aromatic rings. The molecular formula is C13H18N2O2. The molecule has 0 amide bonds. The number of benzene rings is 1. The Morgan fingerprint density at radius 2 is 2.06 bits per heavy atom. The van der Waals surface area contributed by atoms with E-state index in [2.05, 4.69) is 24.9 Å². The van der Waals surface area contributed by atoms with E-state index in [0.717, 1.165) is 22.3 Å². The molecule has 0 aliphatic carbocycles. The number of nitrogens with one attached hydrogen (secondary N) is 1. The van der Waals surface area contributed by atoms with Crippen molar-refractivity contribution in [3.8, 4) is 5.75 Å². The first-order chi connectivity index (χ1) is 8.06. The minimum atomic E-state index is -0.138. The van der Waals surface area contributed by atoms with Crippen molar-refractivity contribution in [2.24, 2.45) is 5.90 Å². The second-order valence-corrected chi connectivity index (χ2v) is 4.83. The molecule has 3 N–H and O–H groups in total. The van der Waals surface area contributed by atoms with Crippen molar-refractivity contribution in [2.75, 3.05) is 13.7 Å². The van der Waals surface area contributed by atoms with Crippen molar-refractivity contribution in [3.05, 3.63) is 30.0 Å². The van der Waals surface area contributed by atoms with Crippen molar-refractivity contribution in [1.29, 1.82) is 0 Å². The number of hydrogen-bond acceptors (Lipinski definition) is 3. The normalized spacial score (nSPS) is 12.0. The summed E-state index contributed by atoms with van der Waals surface area (Å²) >= 11 is 0. The van der Waals surface area contributed by atoms with Gasteiger partial charge in [0.25, 0.3) is 0 Å². The topological polar surface area (TPSA) is 60.3 Å². The predicted octanol–water partition coefficient (Wildman–Crippen LogP) is 2.34. The summed E-state index contributed by atoms with van der Waals surface area (Å²) in [5.41, 5.74) is 2.02. The highest BCUT2D eigenvalue weighted by atomic mass is 16.6. The van der Waals surface area contributed by atoms with Crippen LogP contribution in [0.5, 0.6) is 5.75 Å². The van der Waals surface area contributed by atoms with Crippen LogP contribution in [0.25, 0.3) is 10.9 Å².